The molecule has 1 saturated heterocycles. The summed E-state index contributed by atoms with van der Waals surface area (Å²) in [5, 5.41) is 3.22. The molecule has 1 aromatic carbocycles. The van der Waals surface area contributed by atoms with Gasteiger partial charge in [0.05, 0.1) is 38.5 Å². The minimum Gasteiger partial charge on any atom is -0.490 e. The van der Waals surface area contributed by atoms with Crippen molar-refractivity contribution in [1.82, 2.24) is 10.2 Å². The van der Waals surface area contributed by atoms with E-state index in [9.17, 15) is 4.79 Å². The molecule has 27 heavy (non-hydrogen) atoms. The number of fused-ring (bicyclic) bond motifs is 1. The first-order valence-corrected chi connectivity index (χ1v) is 9.98. The standard InChI is InChI=1S/C21H32N2O4/c1-14(2)21(17-6-7-18-19(10-17)26-9-5-8-25-18)22-20(24)12-23-11-16(4)27-13-15(23)3/h6-7,10,14-16,21H,5,8-9,11-13H2,1-4H3,(H,22,24). The van der Waals surface area contributed by atoms with Crippen LogP contribution in [0.2, 0.25) is 0 Å². The minimum absolute atomic E-state index is 0.0433. The van der Waals surface area contributed by atoms with Crippen molar-refractivity contribution in [3.63, 3.8) is 0 Å². The molecule has 150 valence electrons. The first kappa shape index (κ1) is 20.0. The highest BCUT2D eigenvalue weighted by Crippen LogP contribution is 2.34. The maximum atomic E-state index is 12.7. The van der Waals surface area contributed by atoms with Crippen LogP contribution in [0, 0.1) is 5.92 Å². The average molecular weight is 376 g/mol. The van der Waals surface area contributed by atoms with Gasteiger partial charge in [0.1, 0.15) is 0 Å². The van der Waals surface area contributed by atoms with Gasteiger partial charge in [-0.15, -0.1) is 0 Å². The Labute approximate surface area is 162 Å². The van der Waals surface area contributed by atoms with Crippen LogP contribution in [0.1, 0.15) is 45.7 Å². The Hall–Kier alpha value is -1.79. The van der Waals surface area contributed by atoms with Crippen molar-refractivity contribution in [3.8, 4) is 11.5 Å². The van der Waals surface area contributed by atoms with Crippen molar-refractivity contribution < 1.29 is 19.0 Å². The second kappa shape index (κ2) is 8.93. The lowest BCUT2D eigenvalue weighted by molar-refractivity contribution is -0.127. The number of carbonyl (C=O) groups is 1. The van der Waals surface area contributed by atoms with Crippen LogP contribution in [-0.4, -0.2) is 55.9 Å². The van der Waals surface area contributed by atoms with Crippen LogP contribution in [-0.2, 0) is 9.53 Å². The van der Waals surface area contributed by atoms with Crippen LogP contribution in [0.15, 0.2) is 18.2 Å². The number of nitrogens with one attached hydrogen (secondary N) is 1. The van der Waals surface area contributed by atoms with Gasteiger partial charge in [0.15, 0.2) is 11.5 Å². The predicted octanol–water partition coefficient (Wildman–Crippen LogP) is 2.77. The van der Waals surface area contributed by atoms with E-state index in [-0.39, 0.29) is 30.0 Å². The van der Waals surface area contributed by atoms with Crippen molar-refractivity contribution in [1.29, 1.82) is 0 Å². The number of nitrogens with zero attached hydrogens (tertiary/aromatic N) is 1. The number of rotatable bonds is 5. The van der Waals surface area contributed by atoms with Gasteiger partial charge >= 0.3 is 0 Å². The van der Waals surface area contributed by atoms with E-state index < -0.39 is 0 Å². The third kappa shape index (κ3) is 5.14. The average Bonchev–Trinajstić information content (AvgIpc) is 2.87. The fourth-order valence-electron chi connectivity index (χ4n) is 3.60. The Morgan fingerprint density at radius 1 is 1.22 bits per heavy atom. The largest absolute Gasteiger partial charge is 0.490 e. The zero-order valence-corrected chi connectivity index (χ0v) is 16.9. The normalized spacial score (nSPS) is 24.3. The molecule has 0 saturated carbocycles. The Bertz CT molecular complexity index is 649. The zero-order chi connectivity index (χ0) is 19.4. The molecule has 1 aromatic rings. The lowest BCUT2D eigenvalue weighted by Crippen LogP contribution is -2.51. The van der Waals surface area contributed by atoms with Gasteiger partial charge in [-0.3, -0.25) is 9.69 Å². The molecule has 0 spiro atoms. The van der Waals surface area contributed by atoms with Crippen molar-refractivity contribution in [2.24, 2.45) is 5.92 Å². The molecule has 0 radical (unpaired) electrons. The van der Waals surface area contributed by atoms with Gasteiger partial charge in [-0.05, 0) is 37.5 Å². The third-order valence-electron chi connectivity index (χ3n) is 5.20. The molecule has 1 N–H and O–H groups in total. The summed E-state index contributed by atoms with van der Waals surface area (Å²) >= 11 is 0. The number of amides is 1. The fraction of sp³-hybridized carbons (Fsp3) is 0.667. The lowest BCUT2D eigenvalue weighted by atomic mass is 9.95. The van der Waals surface area contributed by atoms with E-state index in [0.717, 1.165) is 30.0 Å². The molecule has 2 aliphatic rings. The van der Waals surface area contributed by atoms with Gasteiger partial charge in [-0.25, -0.2) is 0 Å². The molecule has 0 bridgehead atoms. The van der Waals surface area contributed by atoms with Crippen molar-refractivity contribution in [2.45, 2.75) is 52.3 Å². The van der Waals surface area contributed by atoms with Crippen LogP contribution < -0.4 is 14.8 Å². The van der Waals surface area contributed by atoms with Crippen molar-refractivity contribution in [3.05, 3.63) is 23.8 Å². The monoisotopic (exact) mass is 376 g/mol. The molecule has 2 aliphatic heterocycles. The maximum absolute atomic E-state index is 12.7. The first-order chi connectivity index (χ1) is 12.9. The highest BCUT2D eigenvalue weighted by atomic mass is 16.5. The van der Waals surface area contributed by atoms with Crippen LogP contribution in [0.4, 0.5) is 0 Å². The molecule has 6 heteroatoms. The summed E-state index contributed by atoms with van der Waals surface area (Å²) in [6.45, 7) is 11.6. The Balaban J connectivity index is 1.68. The molecular weight excluding hydrogens is 344 g/mol. The fourth-order valence-corrected chi connectivity index (χ4v) is 3.60. The summed E-state index contributed by atoms with van der Waals surface area (Å²) in [6, 6.07) is 6.16. The van der Waals surface area contributed by atoms with Gasteiger partial charge < -0.3 is 19.5 Å². The maximum Gasteiger partial charge on any atom is 0.234 e. The molecule has 3 rings (SSSR count). The molecule has 1 fully saturated rings. The molecule has 0 aliphatic carbocycles. The quantitative estimate of drug-likeness (QED) is 0.856. The summed E-state index contributed by atoms with van der Waals surface area (Å²) < 4.78 is 17.2. The Kier molecular flexibility index (Phi) is 6.60. The topological polar surface area (TPSA) is 60.0 Å². The second-order valence-electron chi connectivity index (χ2n) is 7.97. The van der Waals surface area contributed by atoms with Gasteiger partial charge in [-0.1, -0.05) is 19.9 Å². The molecule has 0 aromatic heterocycles. The Morgan fingerprint density at radius 2 is 1.96 bits per heavy atom. The number of hydrogen-bond acceptors (Lipinski definition) is 5. The zero-order valence-electron chi connectivity index (χ0n) is 16.9. The van der Waals surface area contributed by atoms with Gasteiger partial charge in [-0.2, -0.15) is 0 Å². The smallest absolute Gasteiger partial charge is 0.234 e. The lowest BCUT2D eigenvalue weighted by Gasteiger charge is -2.36. The van der Waals surface area contributed by atoms with E-state index in [1.165, 1.54) is 0 Å². The molecular formula is C21H32N2O4. The van der Waals surface area contributed by atoms with Gasteiger partial charge in [0.2, 0.25) is 5.91 Å². The van der Waals surface area contributed by atoms with E-state index >= 15 is 0 Å². The third-order valence-corrected chi connectivity index (χ3v) is 5.20. The van der Waals surface area contributed by atoms with Crippen LogP contribution in [0.3, 0.4) is 0 Å². The molecule has 6 nitrogen and oxygen atoms in total. The summed E-state index contributed by atoms with van der Waals surface area (Å²) in [5.41, 5.74) is 1.05. The van der Waals surface area contributed by atoms with Gasteiger partial charge in [0.25, 0.3) is 0 Å². The SMILES string of the molecule is CC1CN(CC(=O)NC(c2ccc3c(c2)OCCCO3)C(C)C)C(C)CO1. The summed E-state index contributed by atoms with van der Waals surface area (Å²) in [4.78, 5) is 14.9. The van der Waals surface area contributed by atoms with Crippen molar-refractivity contribution in [2.75, 3.05) is 32.9 Å². The van der Waals surface area contributed by atoms with Crippen LogP contribution in [0.25, 0.3) is 0 Å². The summed E-state index contributed by atoms with van der Waals surface area (Å²) in [7, 11) is 0. The number of hydrogen-bond donors (Lipinski definition) is 1. The highest BCUT2D eigenvalue weighted by Gasteiger charge is 2.27. The molecule has 3 unspecified atom stereocenters. The molecule has 2 heterocycles. The summed E-state index contributed by atoms with van der Waals surface area (Å²) in [5.74, 6) is 1.85. The van der Waals surface area contributed by atoms with Crippen LogP contribution >= 0.6 is 0 Å². The Morgan fingerprint density at radius 3 is 2.70 bits per heavy atom. The number of benzene rings is 1. The number of carbonyl (C=O) groups excluding carboxylic acids is 1. The van der Waals surface area contributed by atoms with E-state index in [1.807, 2.05) is 25.1 Å². The highest BCUT2D eigenvalue weighted by molar-refractivity contribution is 5.78. The first-order valence-electron chi connectivity index (χ1n) is 9.98. The predicted molar refractivity (Wildman–Crippen MR) is 104 cm³/mol. The van der Waals surface area contributed by atoms with Gasteiger partial charge in [0, 0.05) is 19.0 Å². The number of morpholine rings is 1. The molecule has 1 amide bonds. The summed E-state index contributed by atoms with van der Waals surface area (Å²) in [6.07, 6.45) is 1.04. The minimum atomic E-state index is -0.0663. The van der Waals surface area contributed by atoms with E-state index in [1.54, 1.807) is 0 Å². The van der Waals surface area contributed by atoms with E-state index in [2.05, 4.69) is 31.0 Å². The number of ether oxygens (including phenoxy) is 3. The molecule has 3 atom stereocenters. The van der Waals surface area contributed by atoms with E-state index in [4.69, 9.17) is 14.2 Å². The van der Waals surface area contributed by atoms with E-state index in [0.29, 0.717) is 26.4 Å². The van der Waals surface area contributed by atoms with Crippen molar-refractivity contribution >= 4 is 5.91 Å². The second-order valence-corrected chi connectivity index (χ2v) is 7.97. The van der Waals surface area contributed by atoms with Crippen LogP contribution in [0.5, 0.6) is 11.5 Å².